The Labute approximate surface area is 100 Å². The molecule has 0 aliphatic heterocycles. The Bertz CT molecular complexity index is 208. The molecule has 0 aromatic carbocycles. The first-order valence-corrected chi connectivity index (χ1v) is 4.88. The van der Waals surface area contributed by atoms with E-state index in [9.17, 15) is 8.42 Å². The molecule has 0 saturated carbocycles. The molecule has 0 bridgehead atoms. The normalized spacial score (nSPS) is 13.5. The monoisotopic (exact) mass is 224 g/mol. The van der Waals surface area contributed by atoms with E-state index < -0.39 is 28.6 Å². The molecule has 0 radical (unpaired) electrons. The van der Waals surface area contributed by atoms with E-state index in [-0.39, 0.29) is 44.2 Å². The zero-order valence-corrected chi connectivity index (χ0v) is 10.2. The van der Waals surface area contributed by atoms with Crippen molar-refractivity contribution in [3.8, 4) is 0 Å². The van der Waals surface area contributed by atoms with E-state index >= 15 is 0 Å². The minimum absolute atomic E-state index is 0. The molecule has 0 spiro atoms. The van der Waals surface area contributed by atoms with Gasteiger partial charge in [0.2, 0.25) is 0 Å². The predicted octanol–water partition coefficient (Wildman–Crippen LogP) is -4.64. The van der Waals surface area contributed by atoms with Crippen LogP contribution in [-0.4, -0.2) is 54.9 Å². The number of hydrogen-bond donors (Lipinski definition) is 3. The van der Waals surface area contributed by atoms with E-state index in [1.807, 2.05) is 0 Å². The molecule has 3 N–H and O–H groups in total. The summed E-state index contributed by atoms with van der Waals surface area (Å²) in [6.45, 7) is -0.784. The fourth-order valence-corrected chi connectivity index (χ4v) is 0.765. The second-order valence-corrected chi connectivity index (χ2v) is 3.77. The van der Waals surface area contributed by atoms with Crippen LogP contribution in [0.25, 0.3) is 0 Å². The van der Waals surface area contributed by atoms with Crippen molar-refractivity contribution in [1.82, 2.24) is 0 Å². The Hall–Kier alpha value is 0.790. The van der Waals surface area contributed by atoms with E-state index in [0.717, 1.165) is 0 Å². The van der Waals surface area contributed by atoms with Gasteiger partial charge >= 0.3 is 29.6 Å². The molecule has 13 heavy (non-hydrogen) atoms. The maximum absolute atomic E-state index is 10.1. The summed E-state index contributed by atoms with van der Waals surface area (Å²) in [7, 11) is -4.00. The van der Waals surface area contributed by atoms with Crippen LogP contribution in [0.2, 0.25) is 0 Å². The maximum Gasteiger partial charge on any atom is 1.00 e. The van der Waals surface area contributed by atoms with Crippen molar-refractivity contribution >= 4 is 10.1 Å². The standard InChI is InChI=1S/C5H12O6S.Na.H/c6-3-5(7)4-11-1-2-12(8,9)10;;/h5-7H,1-4H2,(H,8,9,10);;/q;+1;-1. The average molecular weight is 224 g/mol. The molecule has 76 valence electrons. The summed E-state index contributed by atoms with van der Waals surface area (Å²) in [6.07, 6.45) is -1.01. The van der Waals surface area contributed by atoms with Crippen molar-refractivity contribution < 1.29 is 58.9 Å². The van der Waals surface area contributed by atoms with Gasteiger partial charge in [-0.1, -0.05) is 0 Å². The first-order chi connectivity index (χ1) is 5.45. The van der Waals surface area contributed by atoms with Crippen molar-refractivity contribution in [3.05, 3.63) is 0 Å². The van der Waals surface area contributed by atoms with Gasteiger partial charge in [0.25, 0.3) is 10.1 Å². The van der Waals surface area contributed by atoms with Crippen LogP contribution in [0.5, 0.6) is 0 Å². The van der Waals surface area contributed by atoms with Crippen LogP contribution < -0.4 is 29.6 Å². The van der Waals surface area contributed by atoms with E-state index in [1.165, 1.54) is 0 Å². The Kier molecular flexibility index (Phi) is 10.1. The van der Waals surface area contributed by atoms with Crippen LogP contribution >= 0.6 is 0 Å². The molecule has 6 nitrogen and oxygen atoms in total. The van der Waals surface area contributed by atoms with E-state index in [0.29, 0.717) is 0 Å². The molecule has 0 fully saturated rings. The number of ether oxygens (including phenoxy) is 1. The summed E-state index contributed by atoms with van der Waals surface area (Å²) in [4.78, 5) is 0. The average Bonchev–Trinajstić information content (AvgIpc) is 1.96. The maximum atomic E-state index is 10.1. The van der Waals surface area contributed by atoms with Crippen molar-refractivity contribution in [2.75, 3.05) is 25.6 Å². The van der Waals surface area contributed by atoms with Gasteiger partial charge in [0.15, 0.2) is 0 Å². The van der Waals surface area contributed by atoms with Crippen molar-refractivity contribution in [3.63, 3.8) is 0 Å². The number of aliphatic hydroxyl groups is 2. The molecule has 0 aromatic rings. The van der Waals surface area contributed by atoms with Gasteiger partial charge in [0, 0.05) is 0 Å². The second kappa shape index (κ2) is 8.13. The SMILES string of the molecule is O=S(=O)(O)CCOCC(O)CO.[H-].[Na+]. The number of aliphatic hydroxyl groups excluding tert-OH is 2. The fourth-order valence-electron chi connectivity index (χ4n) is 0.436. The molecule has 8 heteroatoms. The molecule has 0 saturated heterocycles. The smallest absolute Gasteiger partial charge is 1.00 e. The minimum Gasteiger partial charge on any atom is -1.00 e. The fraction of sp³-hybridized carbons (Fsp3) is 1.00. The summed E-state index contributed by atoms with van der Waals surface area (Å²) in [5.41, 5.74) is 0. The Morgan fingerprint density at radius 2 is 2.00 bits per heavy atom. The molecule has 1 atom stereocenters. The molecule has 0 aromatic heterocycles. The van der Waals surface area contributed by atoms with Gasteiger partial charge in [-0.3, -0.25) is 4.55 Å². The van der Waals surface area contributed by atoms with Gasteiger partial charge in [0.1, 0.15) is 6.10 Å². The van der Waals surface area contributed by atoms with Crippen molar-refractivity contribution in [1.29, 1.82) is 0 Å². The molecule has 0 heterocycles. The first-order valence-electron chi connectivity index (χ1n) is 3.27. The van der Waals surface area contributed by atoms with Gasteiger partial charge in [-0.25, -0.2) is 0 Å². The third-order valence-electron chi connectivity index (χ3n) is 1.01. The third kappa shape index (κ3) is 12.8. The van der Waals surface area contributed by atoms with Crippen molar-refractivity contribution in [2.45, 2.75) is 6.10 Å². The van der Waals surface area contributed by atoms with Gasteiger partial charge in [-0.15, -0.1) is 0 Å². The molecule has 0 amide bonds. The Morgan fingerprint density at radius 3 is 2.38 bits per heavy atom. The van der Waals surface area contributed by atoms with Gasteiger partial charge < -0.3 is 16.4 Å². The summed E-state index contributed by atoms with van der Waals surface area (Å²) < 4.78 is 33.1. The third-order valence-corrected chi connectivity index (χ3v) is 1.69. The van der Waals surface area contributed by atoms with E-state index in [4.69, 9.17) is 14.8 Å². The zero-order valence-electron chi connectivity index (χ0n) is 8.38. The molecular weight excluding hydrogens is 211 g/mol. The van der Waals surface area contributed by atoms with Crippen LogP contribution in [0.4, 0.5) is 0 Å². The summed E-state index contributed by atoms with van der Waals surface area (Å²) in [6, 6.07) is 0. The topological polar surface area (TPSA) is 104 Å². The summed E-state index contributed by atoms with van der Waals surface area (Å²) >= 11 is 0. The minimum atomic E-state index is -4.00. The van der Waals surface area contributed by atoms with Crippen LogP contribution in [0.15, 0.2) is 0 Å². The second-order valence-electron chi connectivity index (χ2n) is 2.20. The summed E-state index contributed by atoms with van der Waals surface area (Å²) in [5, 5.41) is 17.0. The van der Waals surface area contributed by atoms with Gasteiger partial charge in [-0.2, -0.15) is 8.42 Å². The quantitative estimate of drug-likeness (QED) is 0.238. The van der Waals surface area contributed by atoms with Crippen LogP contribution in [0, 0.1) is 0 Å². The van der Waals surface area contributed by atoms with Crippen LogP contribution in [0.1, 0.15) is 1.43 Å². The van der Waals surface area contributed by atoms with Crippen LogP contribution in [0.3, 0.4) is 0 Å². The Balaban J connectivity index is -0.000000605. The zero-order chi connectivity index (χ0) is 9.61. The molecule has 0 aliphatic rings. The van der Waals surface area contributed by atoms with Crippen LogP contribution in [-0.2, 0) is 14.9 Å². The predicted molar refractivity (Wildman–Crippen MR) is 41.4 cm³/mol. The largest absolute Gasteiger partial charge is 1.00 e. The van der Waals surface area contributed by atoms with Gasteiger partial charge in [-0.05, 0) is 0 Å². The molecule has 1 unspecified atom stereocenters. The van der Waals surface area contributed by atoms with Gasteiger partial charge in [0.05, 0.1) is 25.6 Å². The molecule has 0 rings (SSSR count). The number of hydrogen-bond acceptors (Lipinski definition) is 5. The summed E-state index contributed by atoms with van der Waals surface area (Å²) in [5.74, 6) is -0.509. The van der Waals surface area contributed by atoms with E-state index in [1.54, 1.807) is 0 Å². The first kappa shape index (κ1) is 16.2. The molecular formula is C5H13NaO6S. The van der Waals surface area contributed by atoms with E-state index in [2.05, 4.69) is 4.74 Å². The molecule has 0 aliphatic carbocycles. The Morgan fingerprint density at radius 1 is 1.46 bits per heavy atom. The number of rotatable bonds is 6. The van der Waals surface area contributed by atoms with Crippen molar-refractivity contribution in [2.24, 2.45) is 0 Å².